The standard InChI is InChI=1S/C11H8Cl2N2OS/c1-17-11-14-9(13)6-10(15-11)16-8-5-3-2-4-7(8)12/h2-6H,1H3. The number of halogens is 2. The normalized spacial score (nSPS) is 10.3. The van der Waals surface area contributed by atoms with Gasteiger partial charge in [-0.05, 0) is 18.4 Å². The van der Waals surface area contributed by atoms with Gasteiger partial charge >= 0.3 is 0 Å². The first kappa shape index (κ1) is 12.5. The summed E-state index contributed by atoms with van der Waals surface area (Å²) in [6.45, 7) is 0. The van der Waals surface area contributed by atoms with Crippen molar-refractivity contribution in [1.29, 1.82) is 0 Å². The number of ether oxygens (including phenoxy) is 1. The third-order valence-corrected chi connectivity index (χ3v) is 2.94. The summed E-state index contributed by atoms with van der Waals surface area (Å²) < 4.78 is 5.55. The molecule has 0 atom stereocenters. The quantitative estimate of drug-likeness (QED) is 0.479. The van der Waals surface area contributed by atoms with Gasteiger partial charge in [-0.1, -0.05) is 47.1 Å². The Morgan fingerprint density at radius 2 is 1.94 bits per heavy atom. The highest BCUT2D eigenvalue weighted by Crippen LogP contribution is 2.29. The molecule has 88 valence electrons. The number of rotatable bonds is 3. The van der Waals surface area contributed by atoms with Crippen LogP contribution in [0.5, 0.6) is 11.6 Å². The molecule has 0 spiro atoms. The van der Waals surface area contributed by atoms with Crippen molar-refractivity contribution in [2.24, 2.45) is 0 Å². The molecule has 0 saturated carbocycles. The van der Waals surface area contributed by atoms with Crippen LogP contribution >= 0.6 is 35.0 Å². The molecule has 0 aliphatic carbocycles. The van der Waals surface area contributed by atoms with Gasteiger partial charge in [0.25, 0.3) is 0 Å². The van der Waals surface area contributed by atoms with Gasteiger partial charge in [-0.15, -0.1) is 0 Å². The minimum Gasteiger partial charge on any atom is -0.437 e. The summed E-state index contributed by atoms with van der Waals surface area (Å²) >= 11 is 13.2. The van der Waals surface area contributed by atoms with Gasteiger partial charge in [0.15, 0.2) is 5.16 Å². The lowest BCUT2D eigenvalue weighted by molar-refractivity contribution is 0.456. The average Bonchev–Trinajstić information content (AvgIpc) is 2.31. The molecule has 6 heteroatoms. The average molecular weight is 287 g/mol. The first-order chi connectivity index (χ1) is 8.19. The number of nitrogens with zero attached hydrogens (tertiary/aromatic N) is 2. The van der Waals surface area contributed by atoms with E-state index in [1.807, 2.05) is 18.4 Å². The van der Waals surface area contributed by atoms with Gasteiger partial charge in [0, 0.05) is 6.07 Å². The zero-order valence-electron chi connectivity index (χ0n) is 8.85. The number of thioether (sulfide) groups is 1. The van der Waals surface area contributed by atoms with Crippen molar-refractivity contribution < 1.29 is 4.74 Å². The van der Waals surface area contributed by atoms with E-state index in [0.29, 0.717) is 27.0 Å². The Hall–Kier alpha value is -0.970. The molecule has 0 unspecified atom stereocenters. The molecule has 0 amide bonds. The minimum atomic E-state index is 0.339. The molecule has 0 aliphatic heterocycles. The van der Waals surface area contributed by atoms with Crippen molar-refractivity contribution >= 4 is 35.0 Å². The molecule has 3 nitrogen and oxygen atoms in total. The lowest BCUT2D eigenvalue weighted by Crippen LogP contribution is -1.92. The van der Waals surface area contributed by atoms with E-state index in [-0.39, 0.29) is 0 Å². The summed E-state index contributed by atoms with van der Waals surface area (Å²) in [7, 11) is 0. The second kappa shape index (κ2) is 5.58. The van der Waals surface area contributed by atoms with E-state index >= 15 is 0 Å². The van der Waals surface area contributed by atoms with Crippen LogP contribution in [0.2, 0.25) is 10.2 Å². The van der Waals surface area contributed by atoms with E-state index in [4.69, 9.17) is 27.9 Å². The monoisotopic (exact) mass is 286 g/mol. The van der Waals surface area contributed by atoms with Crippen molar-refractivity contribution in [3.63, 3.8) is 0 Å². The van der Waals surface area contributed by atoms with Crippen molar-refractivity contribution in [3.05, 3.63) is 40.5 Å². The van der Waals surface area contributed by atoms with Gasteiger partial charge in [-0.3, -0.25) is 0 Å². The van der Waals surface area contributed by atoms with Crippen LogP contribution in [-0.4, -0.2) is 16.2 Å². The molecule has 1 aromatic heterocycles. The van der Waals surface area contributed by atoms with Gasteiger partial charge in [0.1, 0.15) is 10.9 Å². The molecular formula is C11H8Cl2N2OS. The zero-order valence-corrected chi connectivity index (χ0v) is 11.2. The summed E-state index contributed by atoms with van der Waals surface area (Å²) in [6.07, 6.45) is 1.87. The summed E-state index contributed by atoms with van der Waals surface area (Å²) in [4.78, 5) is 8.20. The summed E-state index contributed by atoms with van der Waals surface area (Å²) in [5, 5.41) is 1.42. The fraction of sp³-hybridized carbons (Fsp3) is 0.0909. The Bertz CT molecular complexity index is 537. The van der Waals surface area contributed by atoms with E-state index in [2.05, 4.69) is 9.97 Å². The molecule has 0 saturated heterocycles. The van der Waals surface area contributed by atoms with Crippen LogP contribution < -0.4 is 4.74 Å². The maximum absolute atomic E-state index is 5.98. The van der Waals surface area contributed by atoms with Crippen LogP contribution in [0, 0.1) is 0 Å². The fourth-order valence-electron chi connectivity index (χ4n) is 1.16. The lowest BCUT2D eigenvalue weighted by Gasteiger charge is -2.07. The van der Waals surface area contributed by atoms with Crippen LogP contribution in [0.3, 0.4) is 0 Å². The maximum atomic E-state index is 5.98. The van der Waals surface area contributed by atoms with Gasteiger partial charge in [-0.2, -0.15) is 4.98 Å². The Morgan fingerprint density at radius 3 is 2.65 bits per heavy atom. The van der Waals surface area contributed by atoms with Crippen molar-refractivity contribution in [1.82, 2.24) is 9.97 Å². The fourth-order valence-corrected chi connectivity index (χ4v) is 1.93. The molecule has 0 N–H and O–H groups in total. The van der Waals surface area contributed by atoms with Crippen molar-refractivity contribution in [2.45, 2.75) is 5.16 Å². The summed E-state index contributed by atoms with van der Waals surface area (Å²) in [6, 6.07) is 8.71. The van der Waals surface area contributed by atoms with Crippen LogP contribution in [0.4, 0.5) is 0 Å². The van der Waals surface area contributed by atoms with E-state index < -0.39 is 0 Å². The Kier molecular flexibility index (Phi) is 4.10. The number of para-hydroxylation sites is 1. The van der Waals surface area contributed by atoms with Crippen LogP contribution in [0.15, 0.2) is 35.5 Å². The molecule has 2 rings (SSSR count). The Balaban J connectivity index is 2.30. The third-order valence-electron chi connectivity index (χ3n) is 1.88. The predicted molar refractivity (Wildman–Crippen MR) is 70.3 cm³/mol. The number of hydrogen-bond donors (Lipinski definition) is 0. The highest BCUT2D eigenvalue weighted by molar-refractivity contribution is 7.98. The molecule has 0 radical (unpaired) electrons. The molecular weight excluding hydrogens is 279 g/mol. The summed E-state index contributed by atoms with van der Waals surface area (Å²) in [5.41, 5.74) is 0. The smallest absolute Gasteiger partial charge is 0.224 e. The van der Waals surface area contributed by atoms with Crippen LogP contribution in [0.1, 0.15) is 0 Å². The zero-order chi connectivity index (χ0) is 12.3. The van der Waals surface area contributed by atoms with Gasteiger partial charge in [0.05, 0.1) is 5.02 Å². The first-order valence-corrected chi connectivity index (χ1v) is 6.68. The minimum absolute atomic E-state index is 0.339. The van der Waals surface area contributed by atoms with Gasteiger partial charge < -0.3 is 4.74 Å². The van der Waals surface area contributed by atoms with E-state index in [1.54, 1.807) is 18.2 Å². The molecule has 17 heavy (non-hydrogen) atoms. The first-order valence-electron chi connectivity index (χ1n) is 4.70. The molecule has 0 aliphatic rings. The molecule has 1 aromatic carbocycles. The predicted octanol–water partition coefficient (Wildman–Crippen LogP) is 4.30. The van der Waals surface area contributed by atoms with Crippen molar-refractivity contribution in [3.8, 4) is 11.6 Å². The number of hydrogen-bond acceptors (Lipinski definition) is 4. The second-order valence-corrected chi connectivity index (χ2v) is 4.62. The highest BCUT2D eigenvalue weighted by atomic mass is 35.5. The maximum Gasteiger partial charge on any atom is 0.224 e. The third kappa shape index (κ3) is 3.25. The van der Waals surface area contributed by atoms with E-state index in [1.165, 1.54) is 11.8 Å². The molecule has 1 heterocycles. The van der Waals surface area contributed by atoms with Crippen LogP contribution in [0.25, 0.3) is 0 Å². The molecule has 0 bridgehead atoms. The van der Waals surface area contributed by atoms with Gasteiger partial charge in [-0.25, -0.2) is 4.98 Å². The number of benzene rings is 1. The number of aromatic nitrogens is 2. The lowest BCUT2D eigenvalue weighted by atomic mass is 10.3. The van der Waals surface area contributed by atoms with Crippen LogP contribution in [-0.2, 0) is 0 Å². The van der Waals surface area contributed by atoms with Crippen molar-refractivity contribution in [2.75, 3.05) is 6.26 Å². The highest BCUT2D eigenvalue weighted by Gasteiger charge is 2.06. The van der Waals surface area contributed by atoms with E-state index in [9.17, 15) is 0 Å². The Labute approximate surface area is 113 Å². The van der Waals surface area contributed by atoms with Gasteiger partial charge in [0.2, 0.25) is 5.88 Å². The largest absolute Gasteiger partial charge is 0.437 e. The van der Waals surface area contributed by atoms with E-state index in [0.717, 1.165) is 0 Å². The molecule has 2 aromatic rings. The molecule has 0 fully saturated rings. The topological polar surface area (TPSA) is 35.0 Å². The second-order valence-electron chi connectivity index (χ2n) is 3.05. The SMILES string of the molecule is CSc1nc(Cl)cc(Oc2ccccc2Cl)n1. The Morgan fingerprint density at radius 1 is 1.18 bits per heavy atom. The summed E-state index contributed by atoms with van der Waals surface area (Å²) in [5.74, 6) is 0.915.